The van der Waals surface area contributed by atoms with Gasteiger partial charge >= 0.3 is 5.97 Å². The Hall–Kier alpha value is -0.800. The van der Waals surface area contributed by atoms with Crippen molar-refractivity contribution in [2.45, 2.75) is 70.5 Å². The molecule has 4 aliphatic carbocycles. The number of hydrogen-bond acceptors (Lipinski definition) is 6. The predicted octanol–water partition coefficient (Wildman–Crippen LogP) is 2.77. The molecule has 30 heavy (non-hydrogen) atoms. The number of esters is 1. The van der Waals surface area contributed by atoms with E-state index < -0.39 is 35.5 Å². The van der Waals surface area contributed by atoms with Crippen molar-refractivity contribution in [2.75, 3.05) is 11.0 Å². The summed E-state index contributed by atoms with van der Waals surface area (Å²) < 4.78 is 5.18. The summed E-state index contributed by atoms with van der Waals surface area (Å²) in [6.07, 6.45) is 5.54. The number of carbonyl (C=O) groups excluding carboxylic acids is 3. The van der Waals surface area contributed by atoms with Crippen molar-refractivity contribution in [3.63, 3.8) is 0 Å². The molecule has 0 radical (unpaired) electrons. The lowest BCUT2D eigenvalue weighted by atomic mass is 9.45. The van der Waals surface area contributed by atoms with Crippen molar-refractivity contribution in [2.24, 2.45) is 28.6 Å². The zero-order valence-corrected chi connectivity index (χ0v) is 19.8. The van der Waals surface area contributed by atoms with E-state index in [4.69, 9.17) is 4.74 Å². The lowest BCUT2D eigenvalue weighted by Crippen LogP contribution is -2.62. The molecule has 0 saturated heterocycles. The standard InChI is InChI=1S/C23H31IO6/c1-21-7-5-14(25)9-13(21)3-4-15-16-6-8-23(29,18(27)12-30-19(28)11-24)22(16,2)10-17(26)20(15)21/h9,15-17,20,26,29H,3-8,10-12H2,1-2H3/t15-,16-,17-,20+,21-,22-,23-/m0/s1. The minimum Gasteiger partial charge on any atom is -0.457 e. The maximum Gasteiger partial charge on any atom is 0.316 e. The molecule has 0 aromatic heterocycles. The average Bonchev–Trinajstić information content (AvgIpc) is 2.97. The highest BCUT2D eigenvalue weighted by Gasteiger charge is 2.68. The highest BCUT2D eigenvalue weighted by Crippen LogP contribution is 2.67. The number of ketones is 2. The van der Waals surface area contributed by atoms with E-state index in [1.54, 1.807) is 6.08 Å². The number of ether oxygens (including phenoxy) is 1. The number of alkyl halides is 1. The Morgan fingerprint density at radius 3 is 2.67 bits per heavy atom. The molecule has 2 N–H and O–H groups in total. The third-order valence-electron chi connectivity index (χ3n) is 8.98. The Balaban J connectivity index is 1.62. The van der Waals surface area contributed by atoms with Crippen molar-refractivity contribution in [1.29, 1.82) is 0 Å². The molecule has 3 fully saturated rings. The fourth-order valence-corrected chi connectivity index (χ4v) is 7.67. The maximum atomic E-state index is 13.0. The molecule has 0 aliphatic heterocycles. The molecule has 0 unspecified atom stereocenters. The number of hydrogen-bond donors (Lipinski definition) is 2. The van der Waals surface area contributed by atoms with Crippen LogP contribution in [0, 0.1) is 28.6 Å². The second-order valence-electron chi connectivity index (χ2n) is 10.2. The smallest absolute Gasteiger partial charge is 0.316 e. The van der Waals surface area contributed by atoms with Crippen LogP contribution in [0.3, 0.4) is 0 Å². The number of halogens is 1. The van der Waals surface area contributed by atoms with Crippen molar-refractivity contribution < 1.29 is 29.3 Å². The summed E-state index contributed by atoms with van der Waals surface area (Å²) in [5.74, 6) is -0.385. The van der Waals surface area contributed by atoms with Crippen LogP contribution in [0.1, 0.15) is 58.8 Å². The summed E-state index contributed by atoms with van der Waals surface area (Å²) in [7, 11) is 0. The Labute approximate surface area is 191 Å². The van der Waals surface area contributed by atoms with Crippen LogP contribution >= 0.6 is 22.6 Å². The fourth-order valence-electron chi connectivity index (χ4n) is 7.45. The Kier molecular flexibility index (Phi) is 5.72. The van der Waals surface area contributed by atoms with Crippen molar-refractivity contribution in [3.05, 3.63) is 11.6 Å². The van der Waals surface area contributed by atoms with Crippen molar-refractivity contribution in [3.8, 4) is 0 Å². The quantitative estimate of drug-likeness (QED) is 0.330. The Morgan fingerprint density at radius 2 is 1.97 bits per heavy atom. The lowest BCUT2D eigenvalue weighted by Gasteiger charge is -2.60. The first kappa shape index (κ1) is 22.4. The van der Waals surface area contributed by atoms with E-state index in [1.807, 2.05) is 29.5 Å². The van der Waals surface area contributed by atoms with Gasteiger partial charge in [0.2, 0.25) is 5.78 Å². The van der Waals surface area contributed by atoms with Crippen LogP contribution in [0.25, 0.3) is 0 Å². The van der Waals surface area contributed by atoms with E-state index in [2.05, 4.69) is 6.92 Å². The first-order valence-corrected chi connectivity index (χ1v) is 12.5. The molecule has 0 bridgehead atoms. The molecule has 0 spiro atoms. The van der Waals surface area contributed by atoms with Gasteiger partial charge in [-0.1, -0.05) is 42.0 Å². The van der Waals surface area contributed by atoms with Gasteiger partial charge in [-0.15, -0.1) is 0 Å². The van der Waals surface area contributed by atoms with Gasteiger partial charge in [0, 0.05) is 11.8 Å². The van der Waals surface area contributed by atoms with Gasteiger partial charge in [0.05, 0.1) is 10.5 Å². The predicted molar refractivity (Wildman–Crippen MR) is 118 cm³/mol. The summed E-state index contributed by atoms with van der Waals surface area (Å²) in [4.78, 5) is 36.5. The maximum absolute atomic E-state index is 13.0. The minimum atomic E-state index is -1.59. The van der Waals surface area contributed by atoms with E-state index in [1.165, 1.54) is 0 Å². The molecular weight excluding hydrogens is 499 g/mol. The first-order valence-electron chi connectivity index (χ1n) is 11.0. The third-order valence-corrected chi connectivity index (χ3v) is 9.61. The topological polar surface area (TPSA) is 101 Å². The van der Waals surface area contributed by atoms with Crippen LogP contribution in [-0.2, 0) is 19.1 Å². The molecule has 6 nitrogen and oxygen atoms in total. The Morgan fingerprint density at radius 1 is 1.23 bits per heavy atom. The molecule has 0 aromatic carbocycles. The lowest BCUT2D eigenvalue weighted by molar-refractivity contribution is -0.184. The van der Waals surface area contributed by atoms with Gasteiger partial charge in [-0.2, -0.15) is 0 Å². The number of aliphatic hydroxyl groups excluding tert-OH is 1. The van der Waals surface area contributed by atoms with Crippen molar-refractivity contribution in [1.82, 2.24) is 0 Å². The van der Waals surface area contributed by atoms with Crippen LogP contribution in [-0.4, -0.2) is 50.5 Å². The SMILES string of the molecule is C[C@]12CCC(=O)C=C1CC[C@@H]1[C@@H]2[C@@H](O)C[C@@]2(C)[C@H]1CC[C@]2(O)C(=O)COC(=O)CI. The van der Waals surface area contributed by atoms with Gasteiger partial charge < -0.3 is 14.9 Å². The molecule has 0 amide bonds. The van der Waals surface area contributed by atoms with Gasteiger partial charge in [-0.25, -0.2) is 0 Å². The van der Waals surface area contributed by atoms with Crippen molar-refractivity contribution >= 4 is 40.1 Å². The highest BCUT2D eigenvalue weighted by atomic mass is 127. The second kappa shape index (κ2) is 7.66. The van der Waals surface area contributed by atoms with Crippen LogP contribution in [0.5, 0.6) is 0 Å². The average molecular weight is 530 g/mol. The summed E-state index contributed by atoms with van der Waals surface area (Å²) >= 11 is 1.88. The molecular formula is C23H31IO6. The number of Topliss-reactive ketones (excluding diaryl/α,β-unsaturated/α-hetero) is 1. The monoisotopic (exact) mass is 530 g/mol. The van der Waals surface area contributed by atoms with Gasteiger partial charge in [-0.3, -0.25) is 14.4 Å². The fraction of sp³-hybridized carbons (Fsp3) is 0.783. The number of allylic oxidation sites excluding steroid dienone is 1. The highest BCUT2D eigenvalue weighted by molar-refractivity contribution is 14.1. The van der Waals surface area contributed by atoms with E-state index in [0.29, 0.717) is 19.3 Å². The zero-order valence-electron chi connectivity index (χ0n) is 17.7. The number of carbonyl (C=O) groups is 3. The molecule has 4 aliphatic rings. The van der Waals surface area contributed by atoms with E-state index in [9.17, 15) is 24.6 Å². The number of rotatable bonds is 4. The largest absolute Gasteiger partial charge is 0.457 e. The summed E-state index contributed by atoms with van der Waals surface area (Å²) in [5.41, 5.74) is -1.37. The van der Waals surface area contributed by atoms with E-state index in [-0.39, 0.29) is 33.4 Å². The van der Waals surface area contributed by atoms with E-state index in [0.717, 1.165) is 31.3 Å². The van der Waals surface area contributed by atoms with Gasteiger partial charge in [-0.05, 0) is 67.8 Å². The van der Waals surface area contributed by atoms with Gasteiger partial charge in [0.25, 0.3) is 0 Å². The Bertz CT molecular complexity index is 808. The minimum absolute atomic E-state index is 0.0398. The zero-order chi connectivity index (χ0) is 21.9. The van der Waals surface area contributed by atoms with E-state index >= 15 is 0 Å². The molecule has 166 valence electrons. The number of fused-ring (bicyclic) bond motifs is 5. The van der Waals surface area contributed by atoms with Crippen LogP contribution in [0.2, 0.25) is 0 Å². The van der Waals surface area contributed by atoms with Crippen LogP contribution in [0.4, 0.5) is 0 Å². The normalized spacial score (nSPS) is 45.1. The second-order valence-corrected chi connectivity index (χ2v) is 11.0. The van der Waals surface area contributed by atoms with Crippen LogP contribution in [0.15, 0.2) is 11.6 Å². The third kappa shape index (κ3) is 3.13. The first-order chi connectivity index (χ1) is 14.1. The molecule has 0 heterocycles. The molecule has 3 saturated carbocycles. The summed E-state index contributed by atoms with van der Waals surface area (Å²) in [5, 5.41) is 22.9. The number of aliphatic hydroxyl groups is 2. The van der Waals surface area contributed by atoms with Gasteiger partial charge in [0.1, 0.15) is 5.60 Å². The summed E-state index contributed by atoms with van der Waals surface area (Å²) in [6, 6.07) is 0. The molecule has 4 rings (SSSR count). The molecule has 0 aromatic rings. The van der Waals surface area contributed by atoms with Crippen LogP contribution < -0.4 is 0 Å². The van der Waals surface area contributed by atoms with Gasteiger partial charge in [0.15, 0.2) is 12.4 Å². The molecule has 7 atom stereocenters. The summed E-state index contributed by atoms with van der Waals surface area (Å²) in [6.45, 7) is 3.70. The molecule has 7 heteroatoms.